The van der Waals surface area contributed by atoms with E-state index >= 15 is 0 Å². The largest absolute Gasteiger partial charge is 0.504 e. The summed E-state index contributed by atoms with van der Waals surface area (Å²) >= 11 is 0. The summed E-state index contributed by atoms with van der Waals surface area (Å²) in [5.74, 6) is -0.601. The number of hydrogen-bond acceptors (Lipinski definition) is 9. The highest BCUT2D eigenvalue weighted by Crippen LogP contribution is 2.69. The van der Waals surface area contributed by atoms with Crippen molar-refractivity contribution >= 4 is 11.8 Å². The number of aliphatic hydroxyl groups excluding tert-OH is 2. The van der Waals surface area contributed by atoms with Gasteiger partial charge >= 0.3 is 5.97 Å². The smallest absolute Gasteiger partial charge is 0.302 e. The van der Waals surface area contributed by atoms with Gasteiger partial charge in [-0.2, -0.15) is 0 Å². The summed E-state index contributed by atoms with van der Waals surface area (Å²) in [5.41, 5.74) is -2.14. The van der Waals surface area contributed by atoms with Crippen LogP contribution in [0.25, 0.3) is 0 Å². The maximum atomic E-state index is 13.8. The summed E-state index contributed by atoms with van der Waals surface area (Å²) in [6, 6.07) is 1.87. The van der Waals surface area contributed by atoms with E-state index < -0.39 is 63.5 Å². The van der Waals surface area contributed by atoms with Gasteiger partial charge in [0.05, 0.1) is 17.3 Å². The van der Waals surface area contributed by atoms with Crippen LogP contribution in [0.4, 0.5) is 0 Å². The van der Waals surface area contributed by atoms with Gasteiger partial charge in [0.15, 0.2) is 29.0 Å². The lowest BCUT2D eigenvalue weighted by Crippen LogP contribution is -2.76. The molecule has 6 atom stereocenters. The number of carbonyl (C=O) groups excluding carboxylic acids is 2. The Bertz CT molecular complexity index is 1860. The van der Waals surface area contributed by atoms with Crippen molar-refractivity contribution in [1.82, 2.24) is 0 Å². The van der Waals surface area contributed by atoms with E-state index in [1.165, 1.54) is 26.3 Å². The molecule has 1 aromatic rings. The Hall–Kier alpha value is -3.40. The number of aliphatic hydroxyl groups is 4. The van der Waals surface area contributed by atoms with Gasteiger partial charge in [0, 0.05) is 40.0 Å². The number of Topliss-reactive ketones (excluding diaryl/α,β-unsaturated/α-hetero) is 1. The minimum atomic E-state index is -1.53. The second-order valence-electron chi connectivity index (χ2n) is 18.4. The molecule has 4 N–H and O–H groups in total. The predicted molar refractivity (Wildman–Crippen MR) is 191 cm³/mol. The lowest BCUT2D eigenvalue weighted by atomic mass is 9.44. The zero-order chi connectivity index (χ0) is 37.4. The summed E-state index contributed by atoms with van der Waals surface area (Å²) in [4.78, 5) is 26.4. The SMILES string of the molecule is CC(=O)OC1CCC2(C)C3=C(O)C(=O)C(C(C)(C)O)=CC3=CC3Oc4c(C(C)(C)O)cc5c(c4OC32C1(C)C)CC1=CCCC(C)(C)C1CC5O. The van der Waals surface area contributed by atoms with Crippen LogP contribution in [0.5, 0.6) is 11.5 Å². The Labute approximate surface area is 301 Å². The van der Waals surface area contributed by atoms with Crippen LogP contribution in [0.2, 0.25) is 0 Å². The van der Waals surface area contributed by atoms with E-state index in [-0.39, 0.29) is 16.9 Å². The summed E-state index contributed by atoms with van der Waals surface area (Å²) in [6.45, 7) is 18.2. The highest BCUT2D eigenvalue weighted by atomic mass is 16.6. The van der Waals surface area contributed by atoms with Crippen molar-refractivity contribution in [1.29, 1.82) is 0 Å². The molecule has 1 heterocycles. The van der Waals surface area contributed by atoms with Crippen LogP contribution < -0.4 is 9.47 Å². The van der Waals surface area contributed by atoms with Crippen LogP contribution in [0, 0.1) is 22.2 Å². The number of esters is 1. The molecule has 6 aliphatic rings. The molecule has 5 aliphatic carbocycles. The van der Waals surface area contributed by atoms with Crippen LogP contribution in [-0.4, -0.2) is 55.6 Å². The van der Waals surface area contributed by atoms with Crippen molar-refractivity contribution in [3.05, 3.63) is 69.0 Å². The lowest BCUT2D eigenvalue weighted by Gasteiger charge is -2.67. The van der Waals surface area contributed by atoms with Gasteiger partial charge in [-0.15, -0.1) is 0 Å². The molecule has 9 heteroatoms. The van der Waals surface area contributed by atoms with Gasteiger partial charge in [-0.05, 0) is 107 Å². The first-order chi connectivity index (χ1) is 23.5. The number of hydrogen-bond donors (Lipinski definition) is 4. The molecule has 276 valence electrons. The van der Waals surface area contributed by atoms with Gasteiger partial charge < -0.3 is 34.6 Å². The molecule has 1 aliphatic heterocycles. The van der Waals surface area contributed by atoms with Crippen molar-refractivity contribution in [3.63, 3.8) is 0 Å². The van der Waals surface area contributed by atoms with Gasteiger partial charge in [0.1, 0.15) is 6.10 Å². The second kappa shape index (κ2) is 11.1. The Balaban J connectivity index is 1.54. The minimum Gasteiger partial charge on any atom is -0.504 e. The zero-order valence-electron chi connectivity index (χ0n) is 31.7. The highest BCUT2D eigenvalue weighted by molar-refractivity contribution is 6.11. The summed E-state index contributed by atoms with van der Waals surface area (Å²) in [7, 11) is 0. The van der Waals surface area contributed by atoms with Gasteiger partial charge in [-0.1, -0.05) is 46.3 Å². The van der Waals surface area contributed by atoms with Crippen molar-refractivity contribution in [2.75, 3.05) is 0 Å². The Morgan fingerprint density at radius 1 is 1.02 bits per heavy atom. The van der Waals surface area contributed by atoms with Crippen molar-refractivity contribution in [2.45, 2.75) is 143 Å². The molecule has 9 nitrogen and oxygen atoms in total. The Morgan fingerprint density at radius 3 is 2.33 bits per heavy atom. The maximum absolute atomic E-state index is 13.8. The average molecular weight is 703 g/mol. The fourth-order valence-corrected chi connectivity index (χ4v) is 10.7. The first-order valence-electron chi connectivity index (χ1n) is 18.4. The Kier molecular flexibility index (Phi) is 7.80. The third-order valence-electron chi connectivity index (χ3n) is 13.3. The molecule has 1 spiro atoms. The molecule has 0 saturated heterocycles. The number of ether oxygens (including phenoxy) is 3. The molecule has 0 amide bonds. The standard InChI is InChI=1S/C42H54O9/c1-21(43)49-30-13-15-41(10)32-23(17-27(39(6,7)47)33(45)34(32)46)18-31-42(41,38(30,4)5)51-35-25-16-22-12-11-14-37(2,3)26(22)20-29(44)24(25)19-28(36(35)50-31)40(8,9)48/h12,17-19,26,29-31,44,46-48H,11,13-16,20H2,1-10H3. The summed E-state index contributed by atoms with van der Waals surface area (Å²) in [6.07, 6.45) is 7.29. The fraction of sp³-hybridized carbons (Fsp3) is 0.619. The van der Waals surface area contributed by atoms with Gasteiger partial charge in [-0.25, -0.2) is 0 Å². The number of benzene rings is 1. The van der Waals surface area contributed by atoms with Crippen LogP contribution in [0.3, 0.4) is 0 Å². The van der Waals surface area contributed by atoms with E-state index in [0.717, 1.165) is 18.4 Å². The van der Waals surface area contributed by atoms with Crippen molar-refractivity contribution in [2.24, 2.45) is 22.2 Å². The first kappa shape index (κ1) is 36.0. The fourth-order valence-electron chi connectivity index (χ4n) is 10.7. The van der Waals surface area contributed by atoms with Gasteiger partial charge in [0.25, 0.3) is 0 Å². The lowest BCUT2D eigenvalue weighted by molar-refractivity contribution is -0.245. The quantitative estimate of drug-likeness (QED) is 0.195. The van der Waals surface area contributed by atoms with Crippen LogP contribution in [0.15, 0.2) is 52.3 Å². The summed E-state index contributed by atoms with van der Waals surface area (Å²) in [5, 5.41) is 46.5. The number of rotatable bonds is 3. The first-order valence-corrected chi connectivity index (χ1v) is 18.4. The molecular weight excluding hydrogens is 648 g/mol. The number of ketones is 1. The number of allylic oxidation sites excluding steroid dienone is 5. The molecule has 1 aromatic carbocycles. The molecule has 6 unspecified atom stereocenters. The molecule has 0 radical (unpaired) electrons. The molecular formula is C42H54O9. The number of carbonyl (C=O) groups is 2. The topological polar surface area (TPSA) is 143 Å². The monoisotopic (exact) mass is 702 g/mol. The molecule has 0 bridgehead atoms. The highest BCUT2D eigenvalue weighted by Gasteiger charge is 2.74. The van der Waals surface area contributed by atoms with Crippen molar-refractivity contribution < 1.29 is 44.2 Å². The zero-order valence-corrected chi connectivity index (χ0v) is 31.7. The molecule has 1 saturated carbocycles. The van der Waals surface area contributed by atoms with Gasteiger partial charge in [-0.3, -0.25) is 9.59 Å². The predicted octanol–water partition coefficient (Wildman–Crippen LogP) is 6.92. The van der Waals surface area contributed by atoms with E-state index in [1.54, 1.807) is 19.9 Å². The van der Waals surface area contributed by atoms with Crippen LogP contribution >= 0.6 is 0 Å². The van der Waals surface area contributed by atoms with E-state index in [9.17, 15) is 30.0 Å². The molecule has 51 heavy (non-hydrogen) atoms. The van der Waals surface area contributed by atoms with Crippen molar-refractivity contribution in [3.8, 4) is 11.5 Å². The third-order valence-corrected chi connectivity index (χ3v) is 13.3. The van der Waals surface area contributed by atoms with Crippen LogP contribution in [0.1, 0.15) is 124 Å². The third kappa shape index (κ3) is 4.97. The van der Waals surface area contributed by atoms with Gasteiger partial charge in [0.2, 0.25) is 5.78 Å². The minimum absolute atomic E-state index is 0.0217. The summed E-state index contributed by atoms with van der Waals surface area (Å²) < 4.78 is 20.8. The molecule has 0 aromatic heterocycles. The molecule has 7 rings (SSSR count). The van der Waals surface area contributed by atoms with Crippen LogP contribution in [-0.2, 0) is 26.3 Å². The van der Waals surface area contributed by atoms with E-state index in [1.807, 2.05) is 32.9 Å². The normalized spacial score (nSPS) is 33.6. The van der Waals surface area contributed by atoms with E-state index in [0.29, 0.717) is 59.5 Å². The Morgan fingerprint density at radius 2 is 1.71 bits per heavy atom. The van der Waals surface area contributed by atoms with E-state index in [2.05, 4.69) is 19.9 Å². The number of fused-ring (bicyclic) bond motifs is 6. The second-order valence-corrected chi connectivity index (χ2v) is 18.4. The van der Waals surface area contributed by atoms with E-state index in [4.69, 9.17) is 14.2 Å². The maximum Gasteiger partial charge on any atom is 0.302 e. The average Bonchev–Trinajstić information content (AvgIpc) is 3.14. The molecule has 1 fully saturated rings.